The lowest BCUT2D eigenvalue weighted by atomic mass is 9.75. The molecule has 2 aliphatic heterocycles. The van der Waals surface area contributed by atoms with Gasteiger partial charge in [-0.1, -0.05) is 6.07 Å². The van der Waals surface area contributed by atoms with Gasteiger partial charge in [-0.05, 0) is 24.1 Å². The average molecular weight is 419 g/mol. The molecule has 2 atom stereocenters. The first-order valence-electron chi connectivity index (χ1n) is 10.4. The minimum atomic E-state index is -0.662. The molecule has 9 nitrogen and oxygen atoms in total. The summed E-state index contributed by atoms with van der Waals surface area (Å²) in [5.74, 6) is -0.152. The van der Waals surface area contributed by atoms with E-state index in [9.17, 15) is 9.59 Å². The Labute approximate surface area is 180 Å². The topological polar surface area (TPSA) is 89.2 Å². The zero-order valence-electron chi connectivity index (χ0n) is 17.7. The number of likely N-dealkylation sites (tertiary alicyclic amines) is 2. The Morgan fingerprint density at radius 2 is 2.13 bits per heavy atom. The smallest absolute Gasteiger partial charge is 0.272 e. The van der Waals surface area contributed by atoms with E-state index in [1.165, 1.54) is 0 Å². The van der Waals surface area contributed by atoms with Gasteiger partial charge in [-0.25, -0.2) is 4.98 Å². The van der Waals surface area contributed by atoms with Gasteiger partial charge in [0.2, 0.25) is 5.91 Å². The number of hydrogen-bond acceptors (Lipinski definition) is 5. The zero-order chi connectivity index (χ0) is 21.6. The molecule has 2 fully saturated rings. The number of amides is 2. The van der Waals surface area contributed by atoms with Gasteiger partial charge in [-0.15, -0.1) is 0 Å². The van der Waals surface area contributed by atoms with Gasteiger partial charge in [0.25, 0.3) is 5.91 Å². The van der Waals surface area contributed by atoms with E-state index >= 15 is 0 Å². The molecule has 0 aromatic carbocycles. The van der Waals surface area contributed by atoms with Gasteiger partial charge in [0, 0.05) is 71.0 Å². The number of rotatable bonds is 4. The second kappa shape index (κ2) is 7.33. The van der Waals surface area contributed by atoms with Crippen LogP contribution in [0.15, 0.2) is 49.3 Å². The van der Waals surface area contributed by atoms with Gasteiger partial charge in [0.1, 0.15) is 5.69 Å². The molecule has 0 saturated carbocycles. The Bertz CT molecular complexity index is 1120. The fourth-order valence-electron chi connectivity index (χ4n) is 4.99. The van der Waals surface area contributed by atoms with Crippen LogP contribution in [0.25, 0.3) is 0 Å². The van der Waals surface area contributed by atoms with E-state index in [-0.39, 0.29) is 17.7 Å². The van der Waals surface area contributed by atoms with Crippen molar-refractivity contribution < 1.29 is 9.59 Å². The molecule has 2 aliphatic rings. The fraction of sp³-hybridized carbons (Fsp3) is 0.409. The maximum Gasteiger partial charge on any atom is 0.272 e. The number of carbonyl (C=O) groups excluding carboxylic acids is 2. The van der Waals surface area contributed by atoms with E-state index in [4.69, 9.17) is 0 Å². The third kappa shape index (κ3) is 3.20. The molecule has 31 heavy (non-hydrogen) atoms. The summed E-state index contributed by atoms with van der Waals surface area (Å²) < 4.78 is 3.47. The lowest BCUT2D eigenvalue weighted by Gasteiger charge is -2.27. The lowest BCUT2D eigenvalue weighted by Crippen LogP contribution is -2.40. The number of aryl methyl sites for hydroxylation is 2. The first kappa shape index (κ1) is 19.5. The van der Waals surface area contributed by atoms with Crippen LogP contribution in [0.1, 0.15) is 34.1 Å². The summed E-state index contributed by atoms with van der Waals surface area (Å²) in [7, 11) is 3.67. The first-order chi connectivity index (χ1) is 15.0. The zero-order valence-corrected chi connectivity index (χ0v) is 17.7. The quantitative estimate of drug-likeness (QED) is 0.634. The first-order valence-corrected chi connectivity index (χ1v) is 10.4. The second-order valence-corrected chi connectivity index (χ2v) is 8.54. The van der Waals surface area contributed by atoms with Crippen LogP contribution in [0.5, 0.6) is 0 Å². The monoisotopic (exact) mass is 419 g/mol. The number of aromatic nitrogens is 5. The largest absolute Gasteiger partial charge is 0.340 e. The highest BCUT2D eigenvalue weighted by Crippen LogP contribution is 2.50. The minimum absolute atomic E-state index is 0.0901. The molecule has 9 heteroatoms. The van der Waals surface area contributed by atoms with Crippen molar-refractivity contribution in [1.29, 1.82) is 0 Å². The van der Waals surface area contributed by atoms with E-state index < -0.39 is 5.41 Å². The minimum Gasteiger partial charge on any atom is -0.340 e. The van der Waals surface area contributed by atoms with Crippen molar-refractivity contribution in [2.24, 2.45) is 19.5 Å². The predicted molar refractivity (Wildman–Crippen MR) is 112 cm³/mol. The maximum atomic E-state index is 13.8. The Balaban J connectivity index is 1.46. The summed E-state index contributed by atoms with van der Waals surface area (Å²) in [6.07, 6.45) is 9.55. The van der Waals surface area contributed by atoms with Crippen molar-refractivity contribution in [3.05, 3.63) is 66.3 Å². The van der Waals surface area contributed by atoms with Crippen LogP contribution in [0.3, 0.4) is 0 Å². The summed E-state index contributed by atoms with van der Waals surface area (Å²) in [5.41, 5.74) is 1.72. The van der Waals surface area contributed by atoms with E-state index in [2.05, 4.69) is 15.1 Å². The molecule has 2 saturated heterocycles. The Morgan fingerprint density at radius 3 is 2.81 bits per heavy atom. The van der Waals surface area contributed by atoms with E-state index in [0.29, 0.717) is 38.3 Å². The van der Waals surface area contributed by atoms with Crippen LogP contribution in [-0.2, 0) is 25.4 Å². The second-order valence-electron chi connectivity index (χ2n) is 8.54. The van der Waals surface area contributed by atoms with Crippen LogP contribution in [-0.4, -0.2) is 65.6 Å². The summed E-state index contributed by atoms with van der Waals surface area (Å²) in [6.45, 7) is 2.04. The molecule has 3 aromatic rings. The number of carbonyl (C=O) groups is 2. The number of nitrogens with zero attached hydrogens (tertiary/aromatic N) is 7. The van der Waals surface area contributed by atoms with E-state index in [1.807, 2.05) is 34.8 Å². The summed E-state index contributed by atoms with van der Waals surface area (Å²) in [4.78, 5) is 39.4. The molecule has 1 spiro atoms. The highest BCUT2D eigenvalue weighted by molar-refractivity contribution is 5.95. The SMILES string of the molecule is Cn1cnc([C@H]2CN(C(=O)c3ccnn3C)C[C@@]23CCN(Cc2cccnc2)C3=O)c1. The van der Waals surface area contributed by atoms with Gasteiger partial charge in [-0.2, -0.15) is 5.10 Å². The number of imidazole rings is 1. The molecule has 5 heterocycles. The van der Waals surface area contributed by atoms with Gasteiger partial charge in [0.05, 0.1) is 17.4 Å². The molecule has 0 radical (unpaired) electrons. The highest BCUT2D eigenvalue weighted by atomic mass is 16.2. The molecule has 5 rings (SSSR count). The van der Waals surface area contributed by atoms with Crippen molar-refractivity contribution in [1.82, 2.24) is 34.1 Å². The lowest BCUT2D eigenvalue weighted by molar-refractivity contribution is -0.136. The standard InChI is InChI=1S/C22H25N7O2/c1-26-13-18(24-15-26)17-12-29(20(30)19-5-8-25-27(19)2)14-22(17)6-9-28(21(22)31)11-16-4-3-7-23-10-16/h3-5,7-8,10,13,15,17H,6,9,11-12,14H2,1-2H3/t17-,22+/m1/s1. The molecule has 2 amide bonds. The van der Waals surface area contributed by atoms with Crippen molar-refractivity contribution in [2.75, 3.05) is 19.6 Å². The van der Waals surface area contributed by atoms with Crippen molar-refractivity contribution in [3.8, 4) is 0 Å². The maximum absolute atomic E-state index is 13.8. The fourth-order valence-corrected chi connectivity index (χ4v) is 4.99. The van der Waals surface area contributed by atoms with Crippen LogP contribution >= 0.6 is 0 Å². The van der Waals surface area contributed by atoms with Crippen LogP contribution < -0.4 is 0 Å². The number of hydrogen-bond donors (Lipinski definition) is 0. The Morgan fingerprint density at radius 1 is 1.26 bits per heavy atom. The van der Waals surface area contributed by atoms with Crippen molar-refractivity contribution in [2.45, 2.75) is 18.9 Å². The highest BCUT2D eigenvalue weighted by Gasteiger charge is 2.58. The molecule has 3 aromatic heterocycles. The van der Waals surface area contributed by atoms with Gasteiger partial charge in [-0.3, -0.25) is 19.3 Å². The molecule has 0 bridgehead atoms. The molecule has 0 unspecified atom stereocenters. The predicted octanol–water partition coefficient (Wildman–Crippen LogP) is 1.21. The molecular formula is C22H25N7O2. The van der Waals surface area contributed by atoms with Crippen LogP contribution in [0, 0.1) is 5.41 Å². The van der Waals surface area contributed by atoms with Crippen molar-refractivity contribution in [3.63, 3.8) is 0 Å². The summed E-state index contributed by atoms with van der Waals surface area (Å²) >= 11 is 0. The van der Waals surface area contributed by atoms with Crippen LogP contribution in [0.4, 0.5) is 0 Å². The third-order valence-electron chi connectivity index (χ3n) is 6.59. The molecule has 0 aliphatic carbocycles. The number of pyridine rings is 1. The van der Waals surface area contributed by atoms with Gasteiger partial charge in [0.15, 0.2) is 0 Å². The van der Waals surface area contributed by atoms with Gasteiger partial charge >= 0.3 is 0 Å². The molecule has 0 N–H and O–H groups in total. The summed E-state index contributed by atoms with van der Waals surface area (Å²) in [6, 6.07) is 5.58. The van der Waals surface area contributed by atoms with E-state index in [1.54, 1.807) is 47.6 Å². The molecule has 160 valence electrons. The van der Waals surface area contributed by atoms with Crippen LogP contribution in [0.2, 0.25) is 0 Å². The van der Waals surface area contributed by atoms with E-state index in [0.717, 1.165) is 11.3 Å². The normalized spacial score (nSPS) is 23.3. The third-order valence-corrected chi connectivity index (χ3v) is 6.59. The molecular weight excluding hydrogens is 394 g/mol. The summed E-state index contributed by atoms with van der Waals surface area (Å²) in [5, 5.41) is 4.12. The van der Waals surface area contributed by atoms with Crippen molar-refractivity contribution >= 4 is 11.8 Å². The Kier molecular flexibility index (Phi) is 4.60. The Hall–Kier alpha value is -3.49. The van der Waals surface area contributed by atoms with Gasteiger partial charge < -0.3 is 14.4 Å². The average Bonchev–Trinajstić information content (AvgIpc) is 3.54.